The number of ether oxygens (including phenoxy) is 1. The molecule has 3 heterocycles. The van der Waals surface area contributed by atoms with E-state index >= 15 is 0 Å². The average molecular weight is 475 g/mol. The van der Waals surface area contributed by atoms with Gasteiger partial charge in [0.15, 0.2) is 11.7 Å². The smallest absolute Gasteiger partial charge is 0.412 e. The van der Waals surface area contributed by atoms with Gasteiger partial charge in [-0.25, -0.2) is 19.7 Å². The molecule has 0 unspecified atom stereocenters. The van der Waals surface area contributed by atoms with Crippen LogP contribution in [0.3, 0.4) is 0 Å². The Hall–Kier alpha value is -2.94. The second kappa shape index (κ2) is 9.68. The van der Waals surface area contributed by atoms with Gasteiger partial charge >= 0.3 is 6.09 Å². The summed E-state index contributed by atoms with van der Waals surface area (Å²) in [5.74, 6) is 1.03. The number of benzene rings is 1. The molecule has 0 spiro atoms. The van der Waals surface area contributed by atoms with Crippen LogP contribution in [0.1, 0.15) is 24.7 Å². The SMILES string of the molecule is C=CCN(C(=O)O)c1cccc(-c2nc(C3CCOCC3)oc2-c2ccnc(Cl)n2)c1Cl. The number of amides is 1. The van der Waals surface area contributed by atoms with Crippen LogP contribution in [0.4, 0.5) is 10.5 Å². The number of anilines is 1. The van der Waals surface area contributed by atoms with E-state index in [9.17, 15) is 9.90 Å². The van der Waals surface area contributed by atoms with Crippen LogP contribution < -0.4 is 4.90 Å². The molecule has 1 aliphatic heterocycles. The van der Waals surface area contributed by atoms with Gasteiger partial charge in [-0.15, -0.1) is 6.58 Å². The first kappa shape index (κ1) is 22.3. The van der Waals surface area contributed by atoms with Crippen molar-refractivity contribution in [1.82, 2.24) is 15.0 Å². The summed E-state index contributed by atoms with van der Waals surface area (Å²) in [6.07, 6.45) is 3.44. The lowest BCUT2D eigenvalue weighted by Crippen LogP contribution is -2.29. The highest BCUT2D eigenvalue weighted by Crippen LogP contribution is 2.42. The maximum Gasteiger partial charge on any atom is 0.412 e. The largest absolute Gasteiger partial charge is 0.465 e. The van der Waals surface area contributed by atoms with Crippen molar-refractivity contribution in [2.24, 2.45) is 0 Å². The molecule has 0 radical (unpaired) electrons. The van der Waals surface area contributed by atoms with E-state index < -0.39 is 6.09 Å². The van der Waals surface area contributed by atoms with Crippen molar-refractivity contribution in [3.05, 3.63) is 59.3 Å². The third kappa shape index (κ3) is 4.48. The predicted molar refractivity (Wildman–Crippen MR) is 121 cm³/mol. The monoisotopic (exact) mass is 474 g/mol. The second-order valence-corrected chi connectivity index (χ2v) is 7.86. The summed E-state index contributed by atoms with van der Waals surface area (Å²) >= 11 is 12.7. The summed E-state index contributed by atoms with van der Waals surface area (Å²) in [6.45, 7) is 4.96. The summed E-state index contributed by atoms with van der Waals surface area (Å²) < 4.78 is 11.6. The van der Waals surface area contributed by atoms with Crippen molar-refractivity contribution in [1.29, 1.82) is 0 Å². The fourth-order valence-electron chi connectivity index (χ4n) is 3.59. The van der Waals surface area contributed by atoms with Crippen molar-refractivity contribution in [3.63, 3.8) is 0 Å². The standard InChI is InChI=1S/C22H20Cl2N4O4/c1-2-10-28(22(29)30)16-5-3-4-14(17(16)23)18-19(15-6-9-25-21(24)26-15)32-20(27-18)13-7-11-31-12-8-13/h2-6,9,13H,1,7-8,10-12H2,(H,29,30). The number of hydrogen-bond donors (Lipinski definition) is 1. The molecule has 10 heteroatoms. The maximum absolute atomic E-state index is 11.8. The van der Waals surface area contributed by atoms with Crippen LogP contribution in [0.5, 0.6) is 0 Å². The second-order valence-electron chi connectivity index (χ2n) is 7.15. The lowest BCUT2D eigenvalue weighted by atomic mass is 10.0. The van der Waals surface area contributed by atoms with Gasteiger partial charge in [0, 0.05) is 37.4 Å². The molecule has 8 nitrogen and oxygen atoms in total. The molecule has 1 saturated heterocycles. The molecule has 3 aromatic rings. The number of carboxylic acid groups (broad SMARTS) is 1. The molecule has 1 fully saturated rings. The molecule has 4 rings (SSSR count). The van der Waals surface area contributed by atoms with E-state index in [1.54, 1.807) is 24.3 Å². The van der Waals surface area contributed by atoms with Gasteiger partial charge < -0.3 is 14.3 Å². The van der Waals surface area contributed by atoms with E-state index in [1.165, 1.54) is 12.3 Å². The molecule has 0 saturated carbocycles. The minimum Gasteiger partial charge on any atom is -0.465 e. The summed E-state index contributed by atoms with van der Waals surface area (Å²) in [7, 11) is 0. The van der Waals surface area contributed by atoms with Gasteiger partial charge in [-0.1, -0.05) is 29.8 Å². The molecule has 2 aromatic heterocycles. The Morgan fingerprint density at radius 2 is 2.03 bits per heavy atom. The molecule has 0 bridgehead atoms. The lowest BCUT2D eigenvalue weighted by molar-refractivity contribution is 0.0796. The maximum atomic E-state index is 11.8. The Morgan fingerprint density at radius 3 is 2.72 bits per heavy atom. The minimum atomic E-state index is -1.14. The molecule has 0 aliphatic carbocycles. The fraction of sp³-hybridized carbons (Fsp3) is 0.273. The topological polar surface area (TPSA) is 102 Å². The zero-order valence-corrected chi connectivity index (χ0v) is 18.5. The first-order valence-electron chi connectivity index (χ1n) is 9.97. The Labute approximate surface area is 194 Å². The molecular formula is C22H20Cl2N4O4. The number of carbonyl (C=O) groups is 1. The number of oxazole rings is 1. The Morgan fingerprint density at radius 1 is 1.25 bits per heavy atom. The molecule has 166 valence electrons. The molecule has 1 aliphatic rings. The normalized spacial score (nSPS) is 14.3. The molecular weight excluding hydrogens is 455 g/mol. The number of hydrogen-bond acceptors (Lipinski definition) is 6. The van der Waals surface area contributed by atoms with Gasteiger partial charge in [-0.3, -0.25) is 4.90 Å². The summed E-state index contributed by atoms with van der Waals surface area (Å²) in [6, 6.07) is 6.78. The fourth-order valence-corrected chi connectivity index (χ4v) is 4.06. The van der Waals surface area contributed by atoms with E-state index in [2.05, 4.69) is 16.5 Å². The van der Waals surface area contributed by atoms with Crippen molar-refractivity contribution >= 4 is 35.0 Å². The van der Waals surface area contributed by atoms with E-state index in [0.29, 0.717) is 47.5 Å². The van der Waals surface area contributed by atoms with Crippen molar-refractivity contribution < 1.29 is 19.1 Å². The van der Waals surface area contributed by atoms with Crippen molar-refractivity contribution in [2.75, 3.05) is 24.7 Å². The van der Waals surface area contributed by atoms with Crippen LogP contribution >= 0.6 is 23.2 Å². The Kier molecular flexibility index (Phi) is 6.74. The summed E-state index contributed by atoms with van der Waals surface area (Å²) in [4.78, 5) is 25.8. The van der Waals surface area contributed by atoms with Crippen LogP contribution in [-0.4, -0.2) is 45.9 Å². The van der Waals surface area contributed by atoms with Crippen LogP contribution in [0.2, 0.25) is 10.3 Å². The lowest BCUT2D eigenvalue weighted by Gasteiger charge is -2.20. The first-order chi connectivity index (χ1) is 15.5. The van der Waals surface area contributed by atoms with Gasteiger partial charge in [0.25, 0.3) is 0 Å². The third-order valence-corrected chi connectivity index (χ3v) is 5.72. The quantitative estimate of drug-likeness (QED) is 0.362. The van der Waals surface area contributed by atoms with Crippen LogP contribution in [-0.2, 0) is 4.74 Å². The molecule has 1 aromatic carbocycles. The van der Waals surface area contributed by atoms with Crippen molar-refractivity contribution in [2.45, 2.75) is 18.8 Å². The highest BCUT2D eigenvalue weighted by atomic mass is 35.5. The summed E-state index contributed by atoms with van der Waals surface area (Å²) in [5, 5.41) is 9.92. The number of nitrogens with zero attached hydrogens (tertiary/aromatic N) is 4. The average Bonchev–Trinajstić information content (AvgIpc) is 3.24. The van der Waals surface area contributed by atoms with E-state index in [4.69, 9.17) is 37.3 Å². The predicted octanol–water partition coefficient (Wildman–Crippen LogP) is 5.67. The number of halogens is 2. The Bertz CT molecular complexity index is 1140. The van der Waals surface area contributed by atoms with Gasteiger partial charge in [0.1, 0.15) is 11.4 Å². The van der Waals surface area contributed by atoms with Crippen LogP contribution in [0.15, 0.2) is 47.5 Å². The Balaban J connectivity index is 1.87. The zero-order chi connectivity index (χ0) is 22.7. The van der Waals surface area contributed by atoms with Gasteiger partial charge in [0.05, 0.1) is 10.7 Å². The van der Waals surface area contributed by atoms with E-state index in [-0.39, 0.29) is 22.8 Å². The van der Waals surface area contributed by atoms with E-state index in [0.717, 1.165) is 17.7 Å². The highest BCUT2D eigenvalue weighted by molar-refractivity contribution is 6.36. The minimum absolute atomic E-state index is 0.0698. The van der Waals surface area contributed by atoms with Gasteiger partial charge in [-0.2, -0.15) is 0 Å². The molecule has 0 atom stereocenters. The van der Waals surface area contributed by atoms with E-state index in [1.807, 2.05) is 0 Å². The number of aromatic nitrogens is 3. The van der Waals surface area contributed by atoms with Crippen molar-refractivity contribution in [3.8, 4) is 22.7 Å². The summed E-state index contributed by atoms with van der Waals surface area (Å²) in [5.41, 5.74) is 1.75. The zero-order valence-electron chi connectivity index (χ0n) is 17.0. The number of rotatable bonds is 6. The molecule has 32 heavy (non-hydrogen) atoms. The van der Waals surface area contributed by atoms with Gasteiger partial charge in [-0.05, 0) is 36.6 Å². The van der Waals surface area contributed by atoms with Gasteiger partial charge in [0.2, 0.25) is 5.28 Å². The van der Waals surface area contributed by atoms with Crippen LogP contribution in [0, 0.1) is 0 Å². The highest BCUT2D eigenvalue weighted by Gasteiger charge is 2.28. The molecule has 1 amide bonds. The first-order valence-corrected chi connectivity index (χ1v) is 10.7. The molecule has 1 N–H and O–H groups in total. The van der Waals surface area contributed by atoms with Crippen LogP contribution in [0.25, 0.3) is 22.7 Å². The third-order valence-electron chi connectivity index (χ3n) is 5.14.